The molecule has 4 rings (SSSR count). The van der Waals surface area contributed by atoms with Crippen LogP contribution in [-0.2, 0) is 11.2 Å². The van der Waals surface area contributed by atoms with Gasteiger partial charge in [0.25, 0.3) is 5.89 Å². The van der Waals surface area contributed by atoms with Crippen molar-refractivity contribution in [2.24, 2.45) is 0 Å². The first kappa shape index (κ1) is 17.6. The van der Waals surface area contributed by atoms with Crippen molar-refractivity contribution in [1.82, 2.24) is 10.2 Å². The van der Waals surface area contributed by atoms with E-state index < -0.39 is 0 Å². The number of halogens is 1. The molecule has 0 saturated carbocycles. The van der Waals surface area contributed by atoms with Crippen molar-refractivity contribution in [2.75, 3.05) is 5.32 Å². The molecule has 2 aromatic carbocycles. The fraction of sp³-hybridized carbons (Fsp3) is 0.0500. The number of hydrogen-bond donors (Lipinski definition) is 1. The topological polar surface area (TPSA) is 68.0 Å². The number of rotatable bonds is 5. The standard InChI is InChI=1S/C20H14BrN3O2S/c21-17-11-10-16(27-17)19-23-24-20(26-19)22-18(25)12-13-6-8-15(9-7-13)14-4-2-1-3-5-14/h1-11H,12H2,(H,22,24,25). The second-order valence-corrected chi connectivity index (χ2v) is 8.27. The normalized spacial score (nSPS) is 10.7. The van der Waals surface area contributed by atoms with Gasteiger partial charge in [0.2, 0.25) is 5.91 Å². The highest BCUT2D eigenvalue weighted by atomic mass is 79.9. The van der Waals surface area contributed by atoms with Crippen LogP contribution in [0.5, 0.6) is 0 Å². The van der Waals surface area contributed by atoms with Gasteiger partial charge in [0.15, 0.2) is 0 Å². The summed E-state index contributed by atoms with van der Waals surface area (Å²) in [6, 6.07) is 21.9. The van der Waals surface area contributed by atoms with Gasteiger partial charge >= 0.3 is 6.01 Å². The lowest BCUT2D eigenvalue weighted by Crippen LogP contribution is -2.14. The van der Waals surface area contributed by atoms with Crippen LogP contribution in [0.15, 0.2) is 74.9 Å². The van der Waals surface area contributed by atoms with Crippen LogP contribution in [0.4, 0.5) is 6.01 Å². The van der Waals surface area contributed by atoms with E-state index in [0.717, 1.165) is 25.4 Å². The Morgan fingerprint density at radius 2 is 1.70 bits per heavy atom. The molecule has 0 bridgehead atoms. The first-order chi connectivity index (χ1) is 13.2. The molecule has 0 radical (unpaired) electrons. The number of thiophene rings is 1. The second-order valence-electron chi connectivity index (χ2n) is 5.80. The van der Waals surface area contributed by atoms with Gasteiger partial charge in [0.1, 0.15) is 0 Å². The number of anilines is 1. The summed E-state index contributed by atoms with van der Waals surface area (Å²) >= 11 is 4.88. The molecule has 7 heteroatoms. The summed E-state index contributed by atoms with van der Waals surface area (Å²) in [6.45, 7) is 0. The number of amides is 1. The summed E-state index contributed by atoms with van der Waals surface area (Å²) in [7, 11) is 0. The van der Waals surface area contributed by atoms with E-state index in [9.17, 15) is 4.79 Å². The SMILES string of the molecule is O=C(Cc1ccc(-c2ccccc2)cc1)Nc1nnc(-c2ccc(Br)s2)o1. The highest BCUT2D eigenvalue weighted by Gasteiger charge is 2.13. The predicted molar refractivity (Wildman–Crippen MR) is 110 cm³/mol. The summed E-state index contributed by atoms with van der Waals surface area (Å²) in [5.74, 6) is 0.179. The van der Waals surface area contributed by atoms with Crippen LogP contribution in [0.1, 0.15) is 5.56 Å². The fourth-order valence-corrected chi connectivity index (χ4v) is 3.90. The predicted octanol–water partition coefficient (Wildman–Crippen LogP) is 5.41. The van der Waals surface area contributed by atoms with Crippen molar-refractivity contribution in [3.63, 3.8) is 0 Å². The smallest absolute Gasteiger partial charge is 0.322 e. The molecule has 2 aromatic heterocycles. The minimum Gasteiger partial charge on any atom is -0.402 e. The van der Waals surface area contributed by atoms with E-state index in [4.69, 9.17) is 4.42 Å². The molecule has 0 atom stereocenters. The van der Waals surface area contributed by atoms with E-state index in [0.29, 0.717) is 5.89 Å². The minimum atomic E-state index is -0.204. The van der Waals surface area contributed by atoms with Crippen LogP contribution in [0, 0.1) is 0 Å². The number of carbonyl (C=O) groups is 1. The maximum atomic E-state index is 12.2. The summed E-state index contributed by atoms with van der Waals surface area (Å²) < 4.78 is 6.48. The lowest BCUT2D eigenvalue weighted by atomic mass is 10.0. The van der Waals surface area contributed by atoms with Crippen LogP contribution in [0.25, 0.3) is 21.9 Å². The molecule has 0 spiro atoms. The van der Waals surface area contributed by atoms with Crippen molar-refractivity contribution < 1.29 is 9.21 Å². The molecular weight excluding hydrogens is 426 g/mol. The van der Waals surface area contributed by atoms with Gasteiger partial charge in [-0.1, -0.05) is 59.7 Å². The fourth-order valence-electron chi connectivity index (χ4n) is 2.60. The van der Waals surface area contributed by atoms with Gasteiger partial charge in [-0.15, -0.1) is 16.4 Å². The Balaban J connectivity index is 1.39. The van der Waals surface area contributed by atoms with Crippen molar-refractivity contribution in [2.45, 2.75) is 6.42 Å². The Bertz CT molecular complexity index is 1060. The van der Waals surface area contributed by atoms with Crippen LogP contribution in [0.3, 0.4) is 0 Å². The maximum absolute atomic E-state index is 12.2. The first-order valence-electron chi connectivity index (χ1n) is 8.21. The van der Waals surface area contributed by atoms with Gasteiger partial charge in [-0.25, -0.2) is 0 Å². The van der Waals surface area contributed by atoms with E-state index in [1.807, 2.05) is 54.6 Å². The zero-order valence-electron chi connectivity index (χ0n) is 14.1. The summed E-state index contributed by atoms with van der Waals surface area (Å²) in [5.41, 5.74) is 3.17. The molecule has 0 aliphatic rings. The maximum Gasteiger partial charge on any atom is 0.322 e. The van der Waals surface area contributed by atoms with Gasteiger partial charge in [0.05, 0.1) is 15.1 Å². The highest BCUT2D eigenvalue weighted by Crippen LogP contribution is 2.31. The van der Waals surface area contributed by atoms with Crippen molar-refractivity contribution in [3.05, 3.63) is 76.1 Å². The summed E-state index contributed by atoms with van der Waals surface area (Å²) in [6.07, 6.45) is 0.233. The molecule has 4 aromatic rings. The molecule has 1 amide bonds. The number of carbonyl (C=O) groups excluding carboxylic acids is 1. The molecule has 0 aliphatic heterocycles. The van der Waals surface area contributed by atoms with Crippen molar-refractivity contribution in [1.29, 1.82) is 0 Å². The number of nitrogens with zero attached hydrogens (tertiary/aromatic N) is 2. The molecule has 2 heterocycles. The minimum absolute atomic E-state index is 0.0976. The third kappa shape index (κ3) is 4.32. The van der Waals surface area contributed by atoms with E-state index in [1.54, 1.807) is 0 Å². The average Bonchev–Trinajstić information content (AvgIpc) is 3.32. The van der Waals surface area contributed by atoms with E-state index in [2.05, 4.69) is 43.6 Å². The number of benzene rings is 2. The van der Waals surface area contributed by atoms with E-state index in [1.165, 1.54) is 11.3 Å². The summed E-state index contributed by atoms with van der Waals surface area (Å²) in [5, 5.41) is 10.5. The Morgan fingerprint density at radius 1 is 0.963 bits per heavy atom. The largest absolute Gasteiger partial charge is 0.402 e. The summed E-state index contributed by atoms with van der Waals surface area (Å²) in [4.78, 5) is 13.1. The van der Waals surface area contributed by atoms with Gasteiger partial charge < -0.3 is 4.42 Å². The van der Waals surface area contributed by atoms with Crippen LogP contribution < -0.4 is 5.32 Å². The monoisotopic (exact) mass is 439 g/mol. The molecule has 0 saturated heterocycles. The lowest BCUT2D eigenvalue weighted by molar-refractivity contribution is -0.115. The van der Waals surface area contributed by atoms with Gasteiger partial charge in [-0.05, 0) is 44.8 Å². The molecule has 27 heavy (non-hydrogen) atoms. The van der Waals surface area contributed by atoms with E-state index in [-0.39, 0.29) is 18.3 Å². The zero-order chi connectivity index (χ0) is 18.6. The van der Waals surface area contributed by atoms with E-state index >= 15 is 0 Å². The Morgan fingerprint density at radius 3 is 2.41 bits per heavy atom. The van der Waals surface area contributed by atoms with Crippen molar-refractivity contribution >= 4 is 39.2 Å². The van der Waals surface area contributed by atoms with Crippen LogP contribution in [-0.4, -0.2) is 16.1 Å². The molecule has 134 valence electrons. The molecular formula is C20H14BrN3O2S. The lowest BCUT2D eigenvalue weighted by Gasteiger charge is -2.04. The number of aromatic nitrogens is 2. The third-order valence-electron chi connectivity index (χ3n) is 3.88. The number of hydrogen-bond acceptors (Lipinski definition) is 5. The van der Waals surface area contributed by atoms with Gasteiger partial charge in [-0.3, -0.25) is 10.1 Å². The zero-order valence-corrected chi connectivity index (χ0v) is 16.5. The Kier molecular flexibility index (Phi) is 5.13. The van der Waals surface area contributed by atoms with Gasteiger partial charge in [-0.2, -0.15) is 0 Å². The highest BCUT2D eigenvalue weighted by molar-refractivity contribution is 9.11. The first-order valence-corrected chi connectivity index (χ1v) is 9.82. The number of nitrogens with one attached hydrogen (secondary N) is 1. The molecule has 0 unspecified atom stereocenters. The Labute approximate surface area is 168 Å². The second kappa shape index (κ2) is 7.85. The molecule has 0 aliphatic carbocycles. The average molecular weight is 440 g/mol. The molecule has 1 N–H and O–H groups in total. The third-order valence-corrected chi connectivity index (χ3v) is 5.49. The van der Waals surface area contributed by atoms with Crippen molar-refractivity contribution in [3.8, 4) is 21.9 Å². The molecule has 0 fully saturated rings. The van der Waals surface area contributed by atoms with Crippen LogP contribution in [0.2, 0.25) is 0 Å². The Hall–Kier alpha value is -2.77. The van der Waals surface area contributed by atoms with Gasteiger partial charge in [0, 0.05) is 0 Å². The molecule has 5 nitrogen and oxygen atoms in total. The van der Waals surface area contributed by atoms with Crippen LogP contribution >= 0.6 is 27.3 Å². The quantitative estimate of drug-likeness (QED) is 0.451.